The lowest BCUT2D eigenvalue weighted by atomic mass is 9.84. The highest BCUT2D eigenvalue weighted by molar-refractivity contribution is 6.38. The third kappa shape index (κ3) is 3.61. The number of rotatable bonds is 5. The smallest absolute Gasteiger partial charge is 0.336 e. The van der Waals surface area contributed by atoms with Crippen LogP contribution in [0.1, 0.15) is 43.0 Å². The zero-order valence-corrected chi connectivity index (χ0v) is 21.4. The Hall–Kier alpha value is -5.50. The van der Waals surface area contributed by atoms with Crippen molar-refractivity contribution in [1.82, 2.24) is 0 Å². The number of carbonyl (C=O) groups is 2. The van der Waals surface area contributed by atoms with Crippen molar-refractivity contribution in [3.63, 3.8) is 0 Å². The zero-order chi connectivity index (χ0) is 28.5. The summed E-state index contributed by atoms with van der Waals surface area (Å²) in [7, 11) is 0. The van der Waals surface area contributed by atoms with E-state index in [1.807, 2.05) is 32.0 Å². The average Bonchev–Trinajstić information content (AvgIpc) is 2.89. The Bertz CT molecular complexity index is 2040. The molecule has 8 nitrogen and oxygen atoms in total. The predicted octanol–water partition coefficient (Wildman–Crippen LogP) is 7.27. The number of nitrogens with one attached hydrogen (secondary N) is 1. The average molecular weight is 531 g/mol. The third-order valence-corrected chi connectivity index (χ3v) is 7.30. The van der Waals surface area contributed by atoms with Crippen LogP contribution < -0.4 is 0 Å². The fourth-order valence-corrected chi connectivity index (χ4v) is 5.83. The number of carboxylic acid groups (broad SMARTS) is 2. The number of benzene rings is 6. The molecule has 0 amide bonds. The number of hydrogen-bond donors (Lipinski definition) is 5. The number of carboxylic acids is 2. The summed E-state index contributed by atoms with van der Waals surface area (Å²) in [4.78, 5) is 28.6. The zero-order valence-electron chi connectivity index (χ0n) is 21.4. The second kappa shape index (κ2) is 8.78. The summed E-state index contributed by atoms with van der Waals surface area (Å²) in [6.45, 7) is 3.86. The molecule has 0 saturated carbocycles. The van der Waals surface area contributed by atoms with Gasteiger partial charge in [-0.25, -0.2) is 14.6 Å². The monoisotopic (exact) mass is 530 g/mol. The molecule has 5 N–H and O–H groups in total. The molecule has 8 heteroatoms. The van der Waals surface area contributed by atoms with Crippen molar-refractivity contribution < 1.29 is 30.0 Å². The molecule has 0 fully saturated rings. The fourth-order valence-electron chi connectivity index (χ4n) is 5.83. The molecule has 0 aliphatic carbocycles. The molecule has 0 bridgehead atoms. The minimum atomic E-state index is -1.24. The SMILES string of the molecule is Cc1cc(C)cc(N=C(O)c2ccc3c4ccc(C(=O)O)c5c(C(=O)O)ccc(c6ccc(C(=N)O)c2c63)c54)c1. The Labute approximate surface area is 226 Å². The van der Waals surface area contributed by atoms with Gasteiger partial charge < -0.3 is 20.4 Å². The number of aliphatic imine (C=N–C) groups is 1. The Morgan fingerprint density at radius 3 is 1.40 bits per heavy atom. The van der Waals surface area contributed by atoms with E-state index in [2.05, 4.69) is 4.99 Å². The van der Waals surface area contributed by atoms with Crippen molar-refractivity contribution in [2.24, 2.45) is 4.99 Å². The van der Waals surface area contributed by atoms with E-state index in [0.717, 1.165) is 11.1 Å². The van der Waals surface area contributed by atoms with E-state index in [4.69, 9.17) is 5.41 Å². The van der Waals surface area contributed by atoms with E-state index in [1.165, 1.54) is 12.1 Å². The lowest BCUT2D eigenvalue weighted by Gasteiger charge is -2.19. The van der Waals surface area contributed by atoms with Crippen molar-refractivity contribution in [2.45, 2.75) is 13.8 Å². The number of aromatic carboxylic acids is 2. The molecule has 6 rings (SSSR count). The van der Waals surface area contributed by atoms with Gasteiger partial charge in [-0.2, -0.15) is 0 Å². The number of hydrogen-bond acceptors (Lipinski definition) is 4. The van der Waals surface area contributed by atoms with Crippen molar-refractivity contribution >= 4 is 72.5 Å². The molecular weight excluding hydrogens is 508 g/mol. The van der Waals surface area contributed by atoms with Gasteiger partial charge in [-0.1, -0.05) is 30.3 Å². The van der Waals surface area contributed by atoms with Gasteiger partial charge in [-0.3, -0.25) is 5.41 Å². The van der Waals surface area contributed by atoms with Crippen LogP contribution in [0.3, 0.4) is 0 Å². The molecule has 0 aliphatic heterocycles. The highest BCUT2D eigenvalue weighted by Crippen LogP contribution is 2.44. The van der Waals surface area contributed by atoms with Crippen molar-refractivity contribution in [2.75, 3.05) is 0 Å². The Balaban J connectivity index is 1.80. The van der Waals surface area contributed by atoms with Crippen LogP contribution in [0, 0.1) is 19.3 Å². The predicted molar refractivity (Wildman–Crippen MR) is 156 cm³/mol. The van der Waals surface area contributed by atoms with Gasteiger partial charge in [-0.15, -0.1) is 0 Å². The molecule has 0 radical (unpaired) electrons. The van der Waals surface area contributed by atoms with Crippen molar-refractivity contribution in [3.8, 4) is 0 Å². The van der Waals surface area contributed by atoms with Gasteiger partial charge in [0, 0.05) is 21.9 Å². The Morgan fingerprint density at radius 2 is 0.975 bits per heavy atom. The first-order valence-electron chi connectivity index (χ1n) is 12.4. The van der Waals surface area contributed by atoms with E-state index >= 15 is 0 Å². The molecule has 0 aromatic heterocycles. The number of aliphatic hydroxyl groups is 2. The van der Waals surface area contributed by atoms with Crippen LogP contribution in [0.2, 0.25) is 0 Å². The van der Waals surface area contributed by atoms with Crippen LogP contribution in [0.5, 0.6) is 0 Å². The van der Waals surface area contributed by atoms with Gasteiger partial charge in [0.15, 0.2) is 0 Å². The second-order valence-corrected chi connectivity index (χ2v) is 9.88. The van der Waals surface area contributed by atoms with Gasteiger partial charge in [-0.05, 0) is 93.7 Å². The van der Waals surface area contributed by atoms with Gasteiger partial charge in [0.05, 0.1) is 16.8 Å². The van der Waals surface area contributed by atoms with E-state index < -0.39 is 17.8 Å². The van der Waals surface area contributed by atoms with Crippen LogP contribution in [-0.2, 0) is 0 Å². The fraction of sp³-hybridized carbons (Fsp3) is 0.0625. The van der Waals surface area contributed by atoms with Crippen LogP contribution in [-0.4, -0.2) is 44.2 Å². The second-order valence-electron chi connectivity index (χ2n) is 9.88. The summed E-state index contributed by atoms with van der Waals surface area (Å²) in [6.07, 6.45) is 0. The first-order valence-corrected chi connectivity index (χ1v) is 12.4. The number of fused-ring (bicyclic) bond motifs is 2. The molecule has 6 aromatic rings. The lowest BCUT2D eigenvalue weighted by Crippen LogP contribution is -2.07. The molecule has 0 unspecified atom stereocenters. The first kappa shape index (κ1) is 24.8. The van der Waals surface area contributed by atoms with Crippen LogP contribution in [0.25, 0.3) is 43.1 Å². The third-order valence-electron chi connectivity index (χ3n) is 7.30. The maximum absolute atomic E-state index is 12.1. The molecule has 0 saturated heterocycles. The molecule has 0 aliphatic rings. The summed E-state index contributed by atoms with van der Waals surface area (Å²) in [5.74, 6) is -3.47. The lowest BCUT2D eigenvalue weighted by molar-refractivity contribution is 0.0695. The normalized spacial score (nSPS) is 12.1. The Kier molecular flexibility index (Phi) is 5.44. The van der Waals surface area contributed by atoms with Crippen LogP contribution in [0.4, 0.5) is 5.69 Å². The van der Waals surface area contributed by atoms with Crippen molar-refractivity contribution in [1.29, 1.82) is 5.41 Å². The number of aliphatic hydroxyl groups excluding tert-OH is 2. The van der Waals surface area contributed by atoms with Crippen LogP contribution >= 0.6 is 0 Å². The van der Waals surface area contributed by atoms with Crippen molar-refractivity contribution in [3.05, 3.63) is 100 Å². The summed E-state index contributed by atoms with van der Waals surface area (Å²) < 4.78 is 0. The molecule has 0 atom stereocenters. The molecule has 0 spiro atoms. The first-order chi connectivity index (χ1) is 19.1. The number of nitrogens with zero attached hydrogens (tertiary/aromatic N) is 1. The summed E-state index contributed by atoms with van der Waals surface area (Å²) in [6, 6.07) is 18.4. The van der Waals surface area contributed by atoms with Gasteiger partial charge in [0.2, 0.25) is 11.8 Å². The van der Waals surface area contributed by atoms with E-state index in [0.29, 0.717) is 49.0 Å². The quantitative estimate of drug-likeness (QED) is 0.0684. The van der Waals surface area contributed by atoms with Crippen LogP contribution in [0.15, 0.2) is 71.7 Å². The summed E-state index contributed by atoms with van der Waals surface area (Å²) in [5.41, 5.74) is 2.75. The molecule has 6 aromatic carbocycles. The van der Waals surface area contributed by atoms with E-state index in [-0.39, 0.29) is 28.0 Å². The van der Waals surface area contributed by atoms with Gasteiger partial charge in [0.1, 0.15) is 0 Å². The minimum absolute atomic E-state index is 0.121. The summed E-state index contributed by atoms with van der Waals surface area (Å²) >= 11 is 0. The molecule has 0 heterocycles. The highest BCUT2D eigenvalue weighted by Gasteiger charge is 2.24. The molecule has 40 heavy (non-hydrogen) atoms. The Morgan fingerprint density at radius 1 is 0.575 bits per heavy atom. The largest absolute Gasteiger partial charge is 0.493 e. The molecule has 196 valence electrons. The van der Waals surface area contributed by atoms with Gasteiger partial charge in [0.25, 0.3) is 0 Å². The minimum Gasteiger partial charge on any atom is -0.493 e. The molecular formula is C32H22N2O6. The standard InChI is InChI=1S/C32H22N2O6/c1-14-11-15(2)13-16(12-14)34-30(36)22-8-4-18-20-6-10-24(32(39)40)28-23(31(37)38)9-5-19(26(20)28)17-3-7-21(29(33)35)27(22)25(17)18/h3-13H,1-2H3,(H2,33,35)(H,34,36)(H,37,38)(H,39,40). The maximum Gasteiger partial charge on any atom is 0.336 e. The topological polar surface area (TPSA) is 151 Å². The maximum atomic E-state index is 12.1. The van der Waals surface area contributed by atoms with E-state index in [1.54, 1.807) is 36.4 Å². The highest BCUT2D eigenvalue weighted by atomic mass is 16.4. The van der Waals surface area contributed by atoms with Gasteiger partial charge >= 0.3 is 11.9 Å². The van der Waals surface area contributed by atoms with E-state index in [9.17, 15) is 30.0 Å². The number of aryl methyl sites for hydroxylation is 2. The summed E-state index contributed by atoms with van der Waals surface area (Å²) in [5, 5.41) is 53.5.